The second-order valence-electron chi connectivity index (χ2n) is 3.16. The van der Waals surface area contributed by atoms with Crippen molar-refractivity contribution in [3.63, 3.8) is 0 Å². The molecule has 2 atom stereocenters. The molecule has 0 amide bonds. The van der Waals surface area contributed by atoms with Gasteiger partial charge in [-0.1, -0.05) is 23.9 Å². The van der Waals surface area contributed by atoms with Gasteiger partial charge in [-0.25, -0.2) is 0 Å². The van der Waals surface area contributed by atoms with Gasteiger partial charge in [-0.3, -0.25) is 0 Å². The van der Waals surface area contributed by atoms with Gasteiger partial charge in [0.25, 0.3) is 0 Å². The van der Waals surface area contributed by atoms with E-state index in [1.54, 1.807) is 6.26 Å². The zero-order valence-electron chi connectivity index (χ0n) is 7.14. The van der Waals surface area contributed by atoms with E-state index in [4.69, 9.17) is 17.2 Å². The number of hydrogen-bond acceptors (Lipinski definition) is 3. The summed E-state index contributed by atoms with van der Waals surface area (Å²) >= 11 is 5.16. The second-order valence-corrected chi connectivity index (χ2v) is 3.82. The average Bonchev–Trinajstić information content (AvgIpc) is 2.71. The summed E-state index contributed by atoms with van der Waals surface area (Å²) in [6.07, 6.45) is 6.64. The van der Waals surface area contributed by atoms with Crippen LogP contribution < -0.4 is 5.32 Å². The molecule has 1 fully saturated rings. The normalized spacial score (nSPS) is 28.7. The van der Waals surface area contributed by atoms with Crippen LogP contribution in [-0.4, -0.2) is 23.0 Å². The second kappa shape index (κ2) is 3.98. The summed E-state index contributed by atoms with van der Waals surface area (Å²) in [5, 5.41) is 7.47. The predicted octanol–water partition coefficient (Wildman–Crippen LogP) is 1.62. The highest BCUT2D eigenvalue weighted by Crippen LogP contribution is 2.13. The van der Waals surface area contributed by atoms with Crippen LogP contribution in [0.25, 0.3) is 6.08 Å². The fraction of sp³-hybridized carbons (Fsp3) is 0.444. The van der Waals surface area contributed by atoms with Crippen LogP contribution in [-0.2, 0) is 0 Å². The van der Waals surface area contributed by atoms with Crippen molar-refractivity contribution in [3.8, 4) is 0 Å². The lowest BCUT2D eigenvalue weighted by atomic mass is 10.2. The van der Waals surface area contributed by atoms with Crippen molar-refractivity contribution in [3.05, 3.63) is 24.1 Å². The average molecular weight is 195 g/mol. The Hall–Kier alpha value is -0.740. The molecule has 69 valence electrons. The predicted molar refractivity (Wildman–Crippen MR) is 53.3 cm³/mol. The quantitative estimate of drug-likeness (QED) is 0.779. The molecule has 2 rings (SSSR count). The zero-order chi connectivity index (χ0) is 9.10. The van der Waals surface area contributed by atoms with Gasteiger partial charge in [-0.15, -0.1) is 0 Å². The van der Waals surface area contributed by atoms with Crippen molar-refractivity contribution < 1.29 is 4.52 Å². The van der Waals surface area contributed by atoms with Gasteiger partial charge in [0.2, 0.25) is 0 Å². The summed E-state index contributed by atoms with van der Waals surface area (Å²) < 4.78 is 4.71. The van der Waals surface area contributed by atoms with Gasteiger partial charge >= 0.3 is 0 Å². The molecule has 1 aliphatic heterocycles. The minimum atomic E-state index is 0.368. The van der Waals surface area contributed by atoms with Gasteiger partial charge in [0.1, 0.15) is 12.0 Å². The van der Waals surface area contributed by atoms with Gasteiger partial charge in [-0.05, 0) is 12.5 Å². The van der Waals surface area contributed by atoms with Crippen LogP contribution in [0.4, 0.5) is 0 Å². The van der Waals surface area contributed by atoms with E-state index >= 15 is 0 Å². The first-order chi connectivity index (χ1) is 6.34. The van der Waals surface area contributed by atoms with Gasteiger partial charge in [0.15, 0.2) is 0 Å². The fourth-order valence-electron chi connectivity index (χ4n) is 1.40. The molecule has 0 aromatic carbocycles. The third-order valence-electron chi connectivity index (χ3n) is 2.08. The van der Waals surface area contributed by atoms with Crippen LogP contribution in [0, 0.1) is 0 Å². The lowest BCUT2D eigenvalue weighted by molar-refractivity contribution is 0.418. The Kier molecular flexibility index (Phi) is 2.71. The smallest absolute Gasteiger partial charge is 0.124 e. The topological polar surface area (TPSA) is 38.1 Å². The first kappa shape index (κ1) is 8.84. The van der Waals surface area contributed by atoms with Crippen molar-refractivity contribution >= 4 is 18.7 Å². The van der Waals surface area contributed by atoms with Crippen LogP contribution in [0.15, 0.2) is 22.9 Å². The van der Waals surface area contributed by atoms with E-state index in [0.717, 1.165) is 18.7 Å². The van der Waals surface area contributed by atoms with E-state index in [1.165, 1.54) is 0 Å². The molecule has 1 aromatic rings. The molecule has 0 aliphatic carbocycles. The lowest BCUT2D eigenvalue weighted by Gasteiger charge is -2.00. The van der Waals surface area contributed by atoms with Crippen molar-refractivity contribution in [2.24, 2.45) is 0 Å². The molecule has 1 N–H and O–H groups in total. The number of nitrogens with zero attached hydrogens (tertiary/aromatic N) is 1. The molecule has 4 heteroatoms. The molecule has 1 radical (unpaired) electrons. The molecule has 0 bridgehead atoms. The zero-order valence-corrected chi connectivity index (χ0v) is 7.96. The Morgan fingerprint density at radius 3 is 3.23 bits per heavy atom. The minimum Gasteiger partial charge on any atom is -0.364 e. The molecule has 1 saturated heterocycles. The van der Waals surface area contributed by atoms with Gasteiger partial charge in [0.05, 0.1) is 0 Å². The standard InChI is InChI=1S/C9H11N2OS/c13-9-5-8(10-6-9)2-1-7-3-4-12-11-7/h1-4,8-10H,5-6H2. The monoisotopic (exact) mass is 195 g/mol. The third kappa shape index (κ3) is 2.35. The van der Waals surface area contributed by atoms with E-state index in [2.05, 4.69) is 16.5 Å². The number of rotatable bonds is 2. The molecular formula is C9H11N2OS. The molecule has 13 heavy (non-hydrogen) atoms. The Balaban J connectivity index is 1.91. The molecule has 2 unspecified atom stereocenters. The molecule has 0 saturated carbocycles. The van der Waals surface area contributed by atoms with Crippen LogP contribution in [0.3, 0.4) is 0 Å². The number of nitrogens with one attached hydrogen (secondary N) is 1. The third-order valence-corrected chi connectivity index (χ3v) is 2.44. The first-order valence-corrected chi connectivity index (χ1v) is 4.79. The lowest BCUT2D eigenvalue weighted by Crippen LogP contribution is -2.18. The van der Waals surface area contributed by atoms with Gasteiger partial charge in [-0.2, -0.15) is 0 Å². The van der Waals surface area contributed by atoms with E-state index in [1.807, 2.05) is 12.1 Å². The van der Waals surface area contributed by atoms with Gasteiger partial charge < -0.3 is 9.84 Å². The van der Waals surface area contributed by atoms with Crippen molar-refractivity contribution in [2.45, 2.75) is 17.7 Å². The molecule has 1 aromatic heterocycles. The van der Waals surface area contributed by atoms with E-state index < -0.39 is 0 Å². The summed E-state index contributed by atoms with van der Waals surface area (Å²) in [4.78, 5) is 0. The minimum absolute atomic E-state index is 0.368. The molecular weight excluding hydrogens is 184 g/mol. The summed E-state index contributed by atoms with van der Waals surface area (Å²) in [6.45, 7) is 0.934. The maximum atomic E-state index is 5.16. The SMILES string of the molecule is [S]C1CNC(C=Cc2ccon2)C1. The van der Waals surface area contributed by atoms with Gasteiger partial charge in [0, 0.05) is 23.9 Å². The largest absolute Gasteiger partial charge is 0.364 e. The Morgan fingerprint density at radius 2 is 2.62 bits per heavy atom. The molecule has 1 aliphatic rings. The Labute approximate surface area is 82.6 Å². The van der Waals surface area contributed by atoms with Crippen molar-refractivity contribution in [2.75, 3.05) is 6.54 Å². The highest BCUT2D eigenvalue weighted by atomic mass is 32.1. The first-order valence-electron chi connectivity index (χ1n) is 4.32. The molecule has 0 spiro atoms. The Morgan fingerprint density at radius 1 is 1.69 bits per heavy atom. The summed E-state index contributed by atoms with van der Waals surface area (Å²) in [7, 11) is 0. The van der Waals surface area contributed by atoms with E-state index in [0.29, 0.717) is 11.3 Å². The maximum Gasteiger partial charge on any atom is 0.124 e. The Bertz CT molecular complexity index is 284. The highest BCUT2D eigenvalue weighted by Gasteiger charge is 2.18. The molecule has 3 nitrogen and oxygen atoms in total. The van der Waals surface area contributed by atoms with E-state index in [-0.39, 0.29) is 0 Å². The number of aromatic nitrogens is 1. The fourth-order valence-corrected chi connectivity index (χ4v) is 1.71. The molecule has 2 heterocycles. The van der Waals surface area contributed by atoms with Crippen LogP contribution in [0.1, 0.15) is 12.1 Å². The maximum absolute atomic E-state index is 5.16. The van der Waals surface area contributed by atoms with E-state index in [9.17, 15) is 0 Å². The van der Waals surface area contributed by atoms with Crippen LogP contribution in [0.5, 0.6) is 0 Å². The summed E-state index contributed by atoms with van der Waals surface area (Å²) in [5.74, 6) is 0. The summed E-state index contributed by atoms with van der Waals surface area (Å²) in [6, 6.07) is 2.23. The highest BCUT2D eigenvalue weighted by molar-refractivity contribution is 7.81. The van der Waals surface area contributed by atoms with Crippen molar-refractivity contribution in [1.82, 2.24) is 10.5 Å². The number of hydrogen-bond donors (Lipinski definition) is 1. The summed E-state index contributed by atoms with van der Waals surface area (Å²) in [5.41, 5.74) is 0.856. The van der Waals surface area contributed by atoms with Crippen molar-refractivity contribution in [1.29, 1.82) is 0 Å². The van der Waals surface area contributed by atoms with Crippen LogP contribution in [0.2, 0.25) is 0 Å². The van der Waals surface area contributed by atoms with Crippen LogP contribution >= 0.6 is 12.6 Å².